The molecule has 1 N–H and O–H groups in total. The number of H-pyrrole nitrogens is 1. The smallest absolute Gasteiger partial charge is 0.142 e. The van der Waals surface area contributed by atoms with Crippen molar-refractivity contribution in [3.05, 3.63) is 52.4 Å². The summed E-state index contributed by atoms with van der Waals surface area (Å²) < 4.78 is 0. The molecule has 2 atom stereocenters. The molecule has 3 aromatic rings. The number of halogens is 2. The van der Waals surface area contributed by atoms with E-state index in [9.17, 15) is 0 Å². The number of rotatable bonds is 4. The zero-order chi connectivity index (χ0) is 19.0. The first-order valence-electron chi connectivity index (χ1n) is 9.19. The molecule has 4 rings (SSSR count). The van der Waals surface area contributed by atoms with E-state index < -0.39 is 0 Å². The lowest BCUT2D eigenvalue weighted by Gasteiger charge is -2.42. The van der Waals surface area contributed by atoms with Gasteiger partial charge in [0.1, 0.15) is 17.8 Å². The van der Waals surface area contributed by atoms with Gasteiger partial charge in [-0.2, -0.15) is 0 Å². The molecule has 1 fully saturated rings. The quantitative estimate of drug-likeness (QED) is 0.690. The van der Waals surface area contributed by atoms with Gasteiger partial charge in [-0.1, -0.05) is 30.1 Å². The number of likely N-dealkylation sites (tertiary alicyclic amines) is 1. The third-order valence-corrected chi connectivity index (χ3v) is 5.93. The van der Waals surface area contributed by atoms with Crippen LogP contribution >= 0.6 is 23.2 Å². The second-order valence-electron chi connectivity index (χ2n) is 7.39. The van der Waals surface area contributed by atoms with Crippen LogP contribution in [0.3, 0.4) is 0 Å². The maximum atomic E-state index is 6.17. The van der Waals surface area contributed by atoms with E-state index in [-0.39, 0.29) is 0 Å². The number of aromatic amines is 1. The minimum atomic E-state index is 0.376. The van der Waals surface area contributed by atoms with Crippen LogP contribution in [0.4, 0.5) is 5.82 Å². The van der Waals surface area contributed by atoms with Gasteiger partial charge in [0.2, 0.25) is 0 Å². The molecule has 1 aromatic carbocycles. The van der Waals surface area contributed by atoms with E-state index in [2.05, 4.69) is 38.7 Å². The number of nitrogens with one attached hydrogen (secondary N) is 1. The highest BCUT2D eigenvalue weighted by atomic mass is 35.5. The van der Waals surface area contributed by atoms with Gasteiger partial charge in [-0.15, -0.1) is 0 Å². The van der Waals surface area contributed by atoms with E-state index >= 15 is 0 Å². The van der Waals surface area contributed by atoms with Crippen molar-refractivity contribution in [3.63, 3.8) is 0 Å². The number of likely N-dealkylation sites (N-methyl/N-ethyl adjacent to an activating group) is 1. The molecule has 1 aliphatic rings. The number of hydrogen-bond donors (Lipinski definition) is 1. The summed E-state index contributed by atoms with van der Waals surface area (Å²) in [5.74, 6) is 1.56. The maximum absolute atomic E-state index is 6.17. The molecule has 27 heavy (non-hydrogen) atoms. The molecule has 2 aromatic heterocycles. The van der Waals surface area contributed by atoms with Gasteiger partial charge in [0.15, 0.2) is 0 Å². The molecular weight excluding hydrogens is 381 g/mol. The van der Waals surface area contributed by atoms with Gasteiger partial charge in [0.25, 0.3) is 0 Å². The van der Waals surface area contributed by atoms with Gasteiger partial charge < -0.3 is 9.88 Å². The van der Waals surface area contributed by atoms with Crippen molar-refractivity contribution in [2.75, 3.05) is 25.0 Å². The molecule has 0 amide bonds. The van der Waals surface area contributed by atoms with Crippen molar-refractivity contribution in [2.45, 2.75) is 25.9 Å². The van der Waals surface area contributed by atoms with Gasteiger partial charge in [-0.3, -0.25) is 4.90 Å². The van der Waals surface area contributed by atoms with Gasteiger partial charge in [-0.05, 0) is 48.7 Å². The minimum Gasteiger partial charge on any atom is -0.354 e. The topological polar surface area (TPSA) is 48.1 Å². The molecule has 3 heterocycles. The fourth-order valence-electron chi connectivity index (χ4n) is 4.02. The highest BCUT2D eigenvalue weighted by Crippen LogP contribution is 2.29. The predicted octanol–water partition coefficient (Wildman–Crippen LogP) is 4.61. The summed E-state index contributed by atoms with van der Waals surface area (Å²) in [6.45, 7) is 5.21. The van der Waals surface area contributed by atoms with Crippen molar-refractivity contribution in [2.24, 2.45) is 5.92 Å². The first-order chi connectivity index (χ1) is 13.0. The minimum absolute atomic E-state index is 0.376. The van der Waals surface area contributed by atoms with Gasteiger partial charge in [-0.25, -0.2) is 9.97 Å². The zero-order valence-corrected chi connectivity index (χ0v) is 17.0. The first-order valence-corrected chi connectivity index (χ1v) is 9.95. The Hall–Kier alpha value is -1.82. The monoisotopic (exact) mass is 403 g/mol. The number of anilines is 1. The van der Waals surface area contributed by atoms with Crippen molar-refractivity contribution in [1.29, 1.82) is 0 Å². The van der Waals surface area contributed by atoms with E-state index in [1.807, 2.05) is 24.4 Å². The summed E-state index contributed by atoms with van der Waals surface area (Å²) in [4.78, 5) is 16.8. The molecule has 1 saturated heterocycles. The number of hydrogen-bond acceptors (Lipinski definition) is 4. The van der Waals surface area contributed by atoms with Crippen LogP contribution < -0.4 is 4.90 Å². The third kappa shape index (κ3) is 3.91. The van der Waals surface area contributed by atoms with Crippen LogP contribution in [0.1, 0.15) is 18.9 Å². The average Bonchev–Trinajstić information content (AvgIpc) is 3.10. The Labute approximate surface area is 169 Å². The molecule has 0 spiro atoms. The third-order valence-electron chi connectivity index (χ3n) is 5.50. The van der Waals surface area contributed by atoms with Crippen molar-refractivity contribution in [1.82, 2.24) is 19.9 Å². The van der Waals surface area contributed by atoms with E-state index in [4.69, 9.17) is 23.2 Å². The Balaban J connectivity index is 1.54. The van der Waals surface area contributed by atoms with Crippen molar-refractivity contribution >= 4 is 40.1 Å². The molecule has 1 aliphatic heterocycles. The van der Waals surface area contributed by atoms with Crippen LogP contribution in [0.2, 0.25) is 10.0 Å². The summed E-state index contributed by atoms with van der Waals surface area (Å²) in [6.07, 6.45) is 4.69. The molecule has 0 saturated carbocycles. The average molecular weight is 404 g/mol. The van der Waals surface area contributed by atoms with Crippen LogP contribution in [0.25, 0.3) is 11.0 Å². The van der Waals surface area contributed by atoms with Crippen LogP contribution in [-0.2, 0) is 6.54 Å². The lowest BCUT2D eigenvalue weighted by Crippen LogP contribution is -2.50. The Morgan fingerprint density at radius 2 is 2.00 bits per heavy atom. The number of benzene rings is 1. The normalized spacial score (nSPS) is 20.9. The number of fused-ring (bicyclic) bond motifs is 1. The second-order valence-corrected chi connectivity index (χ2v) is 8.27. The standard InChI is InChI=1S/C20H23Cl2N5/c1-13-4-6-27(10-14-7-15(21)9-16(22)8-14)11-18(13)26(2)20-17-3-5-23-19(17)24-12-25-20/h3,5,7-9,12-13,18H,4,6,10-11H2,1-2H3,(H,23,24,25). The molecule has 0 radical (unpaired) electrons. The summed E-state index contributed by atoms with van der Waals surface area (Å²) in [6, 6.07) is 8.19. The van der Waals surface area contributed by atoms with E-state index in [1.54, 1.807) is 12.4 Å². The number of aromatic nitrogens is 3. The van der Waals surface area contributed by atoms with E-state index in [0.29, 0.717) is 22.0 Å². The van der Waals surface area contributed by atoms with Crippen LogP contribution in [0.5, 0.6) is 0 Å². The molecule has 142 valence electrons. The molecular formula is C20H23Cl2N5. The molecule has 2 unspecified atom stereocenters. The Morgan fingerprint density at radius 3 is 2.78 bits per heavy atom. The maximum Gasteiger partial charge on any atom is 0.142 e. The summed E-state index contributed by atoms with van der Waals surface area (Å²) >= 11 is 12.3. The van der Waals surface area contributed by atoms with E-state index in [1.165, 1.54) is 0 Å². The van der Waals surface area contributed by atoms with Crippen molar-refractivity contribution < 1.29 is 0 Å². The van der Waals surface area contributed by atoms with Crippen LogP contribution in [0, 0.1) is 5.92 Å². The van der Waals surface area contributed by atoms with E-state index in [0.717, 1.165) is 48.5 Å². The molecule has 0 bridgehead atoms. The SMILES string of the molecule is CC1CCN(Cc2cc(Cl)cc(Cl)c2)CC1N(C)c1ncnc2[nH]ccc12. The number of piperidine rings is 1. The first kappa shape index (κ1) is 18.5. The fraction of sp³-hybridized carbons (Fsp3) is 0.400. The largest absolute Gasteiger partial charge is 0.354 e. The molecule has 5 nitrogen and oxygen atoms in total. The predicted molar refractivity (Wildman–Crippen MR) is 112 cm³/mol. The lowest BCUT2D eigenvalue weighted by molar-refractivity contribution is 0.159. The Morgan fingerprint density at radius 1 is 1.22 bits per heavy atom. The van der Waals surface area contributed by atoms with Gasteiger partial charge >= 0.3 is 0 Å². The summed E-state index contributed by atoms with van der Waals surface area (Å²) in [5, 5.41) is 2.44. The van der Waals surface area contributed by atoms with Gasteiger partial charge in [0.05, 0.1) is 5.39 Å². The lowest BCUT2D eigenvalue weighted by atomic mass is 9.92. The summed E-state index contributed by atoms with van der Waals surface area (Å²) in [5.41, 5.74) is 2.03. The second kappa shape index (κ2) is 7.66. The van der Waals surface area contributed by atoms with Crippen LogP contribution in [-0.4, -0.2) is 46.0 Å². The number of nitrogens with zero attached hydrogens (tertiary/aromatic N) is 4. The highest BCUT2D eigenvalue weighted by molar-refractivity contribution is 6.34. The Kier molecular flexibility index (Phi) is 5.26. The Bertz CT molecular complexity index is 921. The van der Waals surface area contributed by atoms with Gasteiger partial charge in [0, 0.05) is 42.4 Å². The molecule has 7 heteroatoms. The highest BCUT2D eigenvalue weighted by Gasteiger charge is 2.30. The van der Waals surface area contributed by atoms with Crippen molar-refractivity contribution in [3.8, 4) is 0 Å². The fourth-order valence-corrected chi connectivity index (χ4v) is 4.59. The molecule has 0 aliphatic carbocycles. The summed E-state index contributed by atoms with van der Waals surface area (Å²) in [7, 11) is 2.13. The van der Waals surface area contributed by atoms with Crippen LogP contribution in [0.15, 0.2) is 36.8 Å². The zero-order valence-electron chi connectivity index (χ0n) is 15.5.